The average molecular weight is 267 g/mol. The highest BCUT2D eigenvalue weighted by molar-refractivity contribution is 6.30. The molecule has 0 atom stereocenters. The predicted octanol–water partition coefficient (Wildman–Crippen LogP) is 2.95. The first-order valence-corrected chi connectivity index (χ1v) is 5.82. The lowest BCUT2D eigenvalue weighted by molar-refractivity contribution is 0.0991. The monoisotopic (exact) mass is 266 g/mol. The van der Waals surface area contributed by atoms with Gasteiger partial charge in [0.15, 0.2) is 5.78 Å². The van der Waals surface area contributed by atoms with Gasteiger partial charge in [0.25, 0.3) is 0 Å². The Hall–Kier alpha value is -1.68. The van der Waals surface area contributed by atoms with Gasteiger partial charge in [0.1, 0.15) is 5.82 Å². The highest BCUT2D eigenvalue weighted by Gasteiger charge is 2.15. The van der Waals surface area contributed by atoms with E-state index in [1.165, 1.54) is 18.3 Å². The Kier molecular flexibility index (Phi) is 3.48. The molecule has 0 saturated heterocycles. The van der Waals surface area contributed by atoms with Crippen LogP contribution in [0.15, 0.2) is 24.4 Å². The summed E-state index contributed by atoms with van der Waals surface area (Å²) in [6, 6.07) is 4.31. The minimum Gasteiger partial charge on any atom is -0.294 e. The average Bonchev–Trinajstić information content (AvgIpc) is 2.64. The third kappa shape index (κ3) is 2.43. The van der Waals surface area contributed by atoms with E-state index >= 15 is 0 Å². The predicted molar refractivity (Wildman–Crippen MR) is 67.4 cm³/mol. The molecule has 0 aliphatic heterocycles. The fourth-order valence-corrected chi connectivity index (χ4v) is 1.86. The van der Waals surface area contributed by atoms with E-state index in [9.17, 15) is 9.18 Å². The number of ketones is 1. The van der Waals surface area contributed by atoms with Crippen LogP contribution in [0.1, 0.15) is 21.6 Å². The van der Waals surface area contributed by atoms with E-state index in [-0.39, 0.29) is 12.2 Å². The van der Waals surface area contributed by atoms with E-state index in [2.05, 4.69) is 5.10 Å². The maximum Gasteiger partial charge on any atom is 0.170 e. The zero-order valence-electron chi connectivity index (χ0n) is 10.1. The van der Waals surface area contributed by atoms with Gasteiger partial charge in [-0.15, -0.1) is 0 Å². The van der Waals surface area contributed by atoms with E-state index < -0.39 is 5.82 Å². The molecule has 2 rings (SSSR count). The summed E-state index contributed by atoms with van der Waals surface area (Å²) >= 11 is 5.66. The number of aromatic nitrogens is 2. The molecule has 1 aromatic heterocycles. The van der Waals surface area contributed by atoms with Gasteiger partial charge in [-0.25, -0.2) is 4.39 Å². The van der Waals surface area contributed by atoms with Crippen LogP contribution >= 0.6 is 11.6 Å². The second kappa shape index (κ2) is 4.90. The molecule has 0 radical (unpaired) electrons. The van der Waals surface area contributed by atoms with Crippen molar-refractivity contribution in [2.75, 3.05) is 0 Å². The summed E-state index contributed by atoms with van der Waals surface area (Å²) in [6.45, 7) is 1.80. The van der Waals surface area contributed by atoms with Crippen molar-refractivity contribution in [3.05, 3.63) is 52.1 Å². The number of rotatable bonds is 3. The summed E-state index contributed by atoms with van der Waals surface area (Å²) in [6.07, 6.45) is 1.51. The van der Waals surface area contributed by atoms with E-state index in [4.69, 9.17) is 11.6 Å². The number of hydrogen-bond acceptors (Lipinski definition) is 2. The van der Waals surface area contributed by atoms with Crippen LogP contribution in [-0.4, -0.2) is 15.6 Å². The van der Waals surface area contributed by atoms with Gasteiger partial charge in [-0.05, 0) is 24.6 Å². The highest BCUT2D eigenvalue weighted by Crippen LogP contribution is 2.17. The normalized spacial score (nSPS) is 10.7. The molecule has 0 saturated carbocycles. The first-order valence-electron chi connectivity index (χ1n) is 5.44. The largest absolute Gasteiger partial charge is 0.294 e. The van der Waals surface area contributed by atoms with Crippen LogP contribution in [0, 0.1) is 12.7 Å². The SMILES string of the molecule is Cc1c(C(=O)Cc2ccc(Cl)cc2F)cnn1C. The third-order valence-corrected chi connectivity index (χ3v) is 3.14. The topological polar surface area (TPSA) is 34.9 Å². The number of carbonyl (C=O) groups excluding carboxylic acids is 1. The van der Waals surface area contributed by atoms with E-state index in [0.717, 1.165) is 5.69 Å². The molecule has 94 valence electrons. The minimum atomic E-state index is -0.461. The van der Waals surface area contributed by atoms with Crippen molar-refractivity contribution in [2.24, 2.45) is 7.05 Å². The van der Waals surface area contributed by atoms with Gasteiger partial charge in [0.05, 0.1) is 11.8 Å². The zero-order valence-corrected chi connectivity index (χ0v) is 10.8. The summed E-state index contributed by atoms with van der Waals surface area (Å²) in [4.78, 5) is 12.0. The maximum atomic E-state index is 13.6. The van der Waals surface area contributed by atoms with Gasteiger partial charge in [-0.2, -0.15) is 5.10 Å². The first kappa shape index (κ1) is 12.8. The smallest absolute Gasteiger partial charge is 0.170 e. The first-order chi connectivity index (χ1) is 8.49. The van der Waals surface area contributed by atoms with Gasteiger partial charge in [-0.3, -0.25) is 9.48 Å². The molecule has 18 heavy (non-hydrogen) atoms. The molecule has 0 bridgehead atoms. The lowest BCUT2D eigenvalue weighted by Gasteiger charge is -2.03. The van der Waals surface area contributed by atoms with Crippen LogP contribution in [0.4, 0.5) is 4.39 Å². The quantitative estimate of drug-likeness (QED) is 0.801. The number of Topliss-reactive ketones (excluding diaryl/α,β-unsaturated/α-hetero) is 1. The molecule has 0 spiro atoms. The standard InChI is InChI=1S/C13H12ClFN2O/c1-8-11(7-16-17(8)2)13(18)5-9-3-4-10(14)6-12(9)15/h3-4,6-7H,5H2,1-2H3. The van der Waals surface area contributed by atoms with E-state index in [1.54, 1.807) is 24.7 Å². The van der Waals surface area contributed by atoms with Crippen LogP contribution in [0.25, 0.3) is 0 Å². The van der Waals surface area contributed by atoms with Crippen LogP contribution in [0.5, 0.6) is 0 Å². The number of benzene rings is 1. The second-order valence-corrected chi connectivity index (χ2v) is 4.54. The van der Waals surface area contributed by atoms with E-state index in [0.29, 0.717) is 16.1 Å². The molecule has 0 fully saturated rings. The number of nitrogens with zero attached hydrogens (tertiary/aromatic N) is 2. The van der Waals surface area contributed by atoms with Crippen LogP contribution < -0.4 is 0 Å². The van der Waals surface area contributed by atoms with Crippen molar-refractivity contribution in [3.63, 3.8) is 0 Å². The summed E-state index contributed by atoms with van der Waals surface area (Å²) in [5.41, 5.74) is 1.63. The zero-order chi connectivity index (χ0) is 13.3. The molecule has 0 aliphatic rings. The van der Waals surface area contributed by atoms with Gasteiger partial charge < -0.3 is 0 Å². The number of halogens is 2. The Morgan fingerprint density at radius 2 is 2.22 bits per heavy atom. The van der Waals surface area contributed by atoms with Crippen molar-refractivity contribution in [2.45, 2.75) is 13.3 Å². The lowest BCUT2D eigenvalue weighted by Crippen LogP contribution is -2.06. The number of carbonyl (C=O) groups is 1. The van der Waals surface area contributed by atoms with Crippen molar-refractivity contribution in [3.8, 4) is 0 Å². The van der Waals surface area contributed by atoms with Crippen molar-refractivity contribution >= 4 is 17.4 Å². The van der Waals surface area contributed by atoms with Gasteiger partial charge >= 0.3 is 0 Å². The summed E-state index contributed by atoms with van der Waals surface area (Å²) < 4.78 is 15.2. The Labute approximate surface area is 109 Å². The van der Waals surface area contributed by atoms with Gasteiger partial charge in [0, 0.05) is 24.2 Å². The van der Waals surface area contributed by atoms with E-state index in [1.807, 2.05) is 0 Å². The van der Waals surface area contributed by atoms with Crippen molar-refractivity contribution in [1.29, 1.82) is 0 Å². The molecule has 3 nitrogen and oxygen atoms in total. The van der Waals surface area contributed by atoms with Crippen LogP contribution in [-0.2, 0) is 13.5 Å². The van der Waals surface area contributed by atoms with Crippen molar-refractivity contribution < 1.29 is 9.18 Å². The molecule has 0 N–H and O–H groups in total. The van der Waals surface area contributed by atoms with Gasteiger partial charge in [0.2, 0.25) is 0 Å². The highest BCUT2D eigenvalue weighted by atomic mass is 35.5. The molecule has 1 aromatic carbocycles. The second-order valence-electron chi connectivity index (χ2n) is 4.10. The molecule has 0 aliphatic carbocycles. The Bertz CT molecular complexity index is 607. The maximum absolute atomic E-state index is 13.6. The number of hydrogen-bond donors (Lipinski definition) is 0. The fourth-order valence-electron chi connectivity index (χ4n) is 1.71. The summed E-state index contributed by atoms with van der Waals surface area (Å²) in [5.74, 6) is -0.612. The fraction of sp³-hybridized carbons (Fsp3) is 0.231. The minimum absolute atomic E-state index is 0.00946. The Morgan fingerprint density at radius 3 is 2.78 bits per heavy atom. The molecule has 1 heterocycles. The van der Waals surface area contributed by atoms with Crippen LogP contribution in [0.3, 0.4) is 0 Å². The number of aryl methyl sites for hydroxylation is 1. The Balaban J connectivity index is 2.24. The molecule has 0 unspecified atom stereocenters. The lowest BCUT2D eigenvalue weighted by atomic mass is 10.0. The summed E-state index contributed by atoms with van der Waals surface area (Å²) in [5, 5.41) is 4.32. The van der Waals surface area contributed by atoms with Crippen LogP contribution in [0.2, 0.25) is 5.02 Å². The molecule has 5 heteroatoms. The molecular weight excluding hydrogens is 255 g/mol. The summed E-state index contributed by atoms with van der Waals surface area (Å²) in [7, 11) is 1.76. The van der Waals surface area contributed by atoms with Gasteiger partial charge in [-0.1, -0.05) is 17.7 Å². The molecule has 2 aromatic rings. The third-order valence-electron chi connectivity index (χ3n) is 2.90. The molecular formula is C13H12ClFN2O. The van der Waals surface area contributed by atoms with Crippen molar-refractivity contribution in [1.82, 2.24) is 9.78 Å². The molecule has 0 amide bonds. The Morgan fingerprint density at radius 1 is 1.50 bits per heavy atom.